The van der Waals surface area contributed by atoms with Gasteiger partial charge in [0.15, 0.2) is 0 Å². The number of hydrogen-bond donors (Lipinski definition) is 0. The maximum Gasteiger partial charge on any atom is -0.0101 e. The average Bonchev–Trinajstić information content (AvgIpc) is 2.58. The molecular weight excluding hydrogens is 367 g/mol. The van der Waals surface area contributed by atoms with E-state index in [4.69, 9.17) is 0 Å². The zero-order chi connectivity index (χ0) is 22.1. The van der Waals surface area contributed by atoms with Crippen molar-refractivity contribution in [1.82, 2.24) is 0 Å². The summed E-state index contributed by atoms with van der Waals surface area (Å²) in [7, 11) is -0.365. The molecule has 0 aliphatic heterocycles. The first kappa shape index (κ1) is 24.1. The summed E-state index contributed by atoms with van der Waals surface area (Å²) in [5, 5.41) is 2.05. The zero-order valence-corrected chi connectivity index (χ0v) is 21.5. The summed E-state index contributed by atoms with van der Waals surface area (Å²) < 4.78 is 0. The van der Waals surface area contributed by atoms with Gasteiger partial charge in [-0.05, 0) is 61.7 Å². The third-order valence-electron chi connectivity index (χ3n) is 5.55. The van der Waals surface area contributed by atoms with Gasteiger partial charge in [-0.2, -0.15) is 0 Å². The van der Waals surface area contributed by atoms with Gasteiger partial charge in [-0.3, -0.25) is 0 Å². The number of hydrogen-bond acceptors (Lipinski definition) is 0. The molecule has 0 bridgehead atoms. The minimum absolute atomic E-state index is 0.247. The highest BCUT2D eigenvalue weighted by Crippen LogP contribution is 2.59. The van der Waals surface area contributed by atoms with E-state index in [0.717, 1.165) is 0 Å². The number of rotatable bonds is 5. The summed E-state index contributed by atoms with van der Waals surface area (Å²) in [6.45, 7) is 26.0. The van der Waals surface area contributed by atoms with Crippen LogP contribution in [0.3, 0.4) is 0 Å². The van der Waals surface area contributed by atoms with E-state index in [1.54, 1.807) is 5.30 Å². The van der Waals surface area contributed by atoms with E-state index in [0.29, 0.717) is 11.8 Å². The quantitative estimate of drug-likeness (QED) is 0.432. The monoisotopic (exact) mass is 409 g/mol. The predicted octanol–water partition coefficient (Wildman–Crippen LogP) is 8.88. The van der Waals surface area contributed by atoms with Crippen LogP contribution in [0.2, 0.25) is 0 Å². The Morgan fingerprint density at radius 3 is 1.59 bits per heavy atom. The van der Waals surface area contributed by atoms with E-state index in [1.807, 2.05) is 0 Å². The summed E-state index contributed by atoms with van der Waals surface area (Å²) in [5.41, 5.74) is 7.24. The van der Waals surface area contributed by atoms with Crippen LogP contribution in [0, 0.1) is 6.42 Å². The SMILES string of the molecule is C[CH]c1cc(C(C)C)c(-c2ccccc2P(C(C)(C)C)C(C)(C)C)c(C(C)C)c1. The van der Waals surface area contributed by atoms with E-state index in [1.165, 1.54) is 27.8 Å². The van der Waals surface area contributed by atoms with Gasteiger partial charge in [-0.25, -0.2) is 0 Å². The fourth-order valence-corrected chi connectivity index (χ4v) is 8.83. The van der Waals surface area contributed by atoms with Crippen LogP contribution in [0.4, 0.5) is 0 Å². The molecule has 0 aromatic heterocycles. The van der Waals surface area contributed by atoms with Gasteiger partial charge < -0.3 is 0 Å². The van der Waals surface area contributed by atoms with Gasteiger partial charge >= 0.3 is 0 Å². The summed E-state index contributed by atoms with van der Waals surface area (Å²) in [6.07, 6.45) is 2.24. The molecule has 0 saturated carbocycles. The standard InChI is InChI=1S/C28H42P/c1-12-21-17-23(19(2)3)26(24(18-21)20(4)5)22-15-13-14-16-25(22)29(27(6,7)8)28(9,10)11/h12-20H,1-11H3. The van der Waals surface area contributed by atoms with Crippen LogP contribution >= 0.6 is 7.92 Å². The lowest BCUT2D eigenvalue weighted by molar-refractivity contribution is 0.715. The molecule has 0 aliphatic rings. The smallest absolute Gasteiger partial charge is 0.0101 e. The van der Waals surface area contributed by atoms with E-state index in [2.05, 4.69) is 119 Å². The molecule has 2 aromatic rings. The molecule has 0 N–H and O–H groups in total. The first-order chi connectivity index (χ1) is 13.3. The van der Waals surface area contributed by atoms with Gasteiger partial charge in [0.25, 0.3) is 0 Å². The van der Waals surface area contributed by atoms with E-state index in [-0.39, 0.29) is 18.2 Å². The van der Waals surface area contributed by atoms with Gasteiger partial charge in [0.05, 0.1) is 0 Å². The molecular formula is C28H42P. The van der Waals surface area contributed by atoms with E-state index >= 15 is 0 Å². The maximum atomic E-state index is 2.42. The Morgan fingerprint density at radius 2 is 1.21 bits per heavy atom. The van der Waals surface area contributed by atoms with Crippen LogP contribution in [-0.4, -0.2) is 10.3 Å². The van der Waals surface area contributed by atoms with Crippen molar-refractivity contribution in [2.75, 3.05) is 0 Å². The molecule has 0 amide bonds. The second-order valence-electron chi connectivity index (χ2n) is 10.9. The Labute approximate surface area is 182 Å². The Morgan fingerprint density at radius 1 is 0.759 bits per heavy atom. The molecule has 0 nitrogen and oxygen atoms in total. The van der Waals surface area contributed by atoms with Crippen LogP contribution in [0.25, 0.3) is 11.1 Å². The molecule has 159 valence electrons. The molecule has 1 radical (unpaired) electrons. The maximum absolute atomic E-state index is 2.42. The molecule has 0 heterocycles. The second kappa shape index (κ2) is 8.93. The topological polar surface area (TPSA) is 0 Å². The van der Waals surface area contributed by atoms with Crippen molar-refractivity contribution >= 4 is 13.2 Å². The largest absolute Gasteiger partial charge is 0.0636 e. The van der Waals surface area contributed by atoms with Crippen molar-refractivity contribution < 1.29 is 0 Å². The lowest BCUT2D eigenvalue weighted by atomic mass is 9.83. The fourth-order valence-electron chi connectivity index (χ4n) is 4.71. The van der Waals surface area contributed by atoms with Gasteiger partial charge in [0.2, 0.25) is 0 Å². The van der Waals surface area contributed by atoms with Gasteiger partial charge in [-0.15, -0.1) is 0 Å². The van der Waals surface area contributed by atoms with Crippen LogP contribution in [0.5, 0.6) is 0 Å². The molecule has 0 saturated heterocycles. The molecule has 0 unspecified atom stereocenters. The summed E-state index contributed by atoms with van der Waals surface area (Å²) >= 11 is 0. The van der Waals surface area contributed by atoms with Crippen LogP contribution < -0.4 is 5.30 Å². The first-order valence-corrected chi connectivity index (χ1v) is 12.5. The van der Waals surface area contributed by atoms with E-state index in [9.17, 15) is 0 Å². The molecule has 2 rings (SSSR count). The third-order valence-corrected chi connectivity index (χ3v) is 9.11. The van der Waals surface area contributed by atoms with Crippen molar-refractivity contribution in [2.45, 2.75) is 98.3 Å². The highest BCUT2D eigenvalue weighted by molar-refractivity contribution is 7.68. The molecule has 2 aromatic carbocycles. The summed E-state index contributed by atoms with van der Waals surface area (Å²) in [5.74, 6) is 0.983. The van der Waals surface area contributed by atoms with E-state index < -0.39 is 0 Å². The van der Waals surface area contributed by atoms with Crippen molar-refractivity contribution in [3.63, 3.8) is 0 Å². The van der Waals surface area contributed by atoms with Crippen LogP contribution in [-0.2, 0) is 0 Å². The van der Waals surface area contributed by atoms with Gasteiger partial charge in [0, 0.05) is 0 Å². The highest BCUT2D eigenvalue weighted by Gasteiger charge is 2.37. The fraction of sp³-hybridized carbons (Fsp3) is 0.536. The summed E-state index contributed by atoms with van der Waals surface area (Å²) in [4.78, 5) is 0. The van der Waals surface area contributed by atoms with Crippen molar-refractivity contribution in [2.24, 2.45) is 0 Å². The highest BCUT2D eigenvalue weighted by atomic mass is 31.1. The normalized spacial score (nSPS) is 13.0. The Balaban J connectivity index is 2.94. The minimum Gasteiger partial charge on any atom is -0.0636 e. The third kappa shape index (κ3) is 5.32. The molecule has 0 aliphatic carbocycles. The molecule has 1 heteroatoms. The summed E-state index contributed by atoms with van der Waals surface area (Å²) in [6, 6.07) is 14.1. The second-order valence-corrected chi connectivity index (χ2v) is 14.7. The van der Waals surface area contributed by atoms with Gasteiger partial charge in [0.1, 0.15) is 0 Å². The lowest BCUT2D eigenvalue weighted by Crippen LogP contribution is -2.32. The molecule has 0 atom stereocenters. The Bertz CT molecular complexity index is 785. The van der Waals surface area contributed by atoms with Gasteiger partial charge in [-0.1, -0.05) is 120 Å². The Kier molecular flexibility index (Phi) is 7.44. The van der Waals surface area contributed by atoms with Crippen molar-refractivity contribution in [3.05, 3.63) is 59.5 Å². The van der Waals surface area contributed by atoms with Crippen LogP contribution in [0.1, 0.15) is 105 Å². The molecule has 0 spiro atoms. The first-order valence-electron chi connectivity index (χ1n) is 11.2. The lowest BCUT2D eigenvalue weighted by Gasteiger charge is -2.43. The number of benzene rings is 2. The Hall–Kier alpha value is -1.13. The van der Waals surface area contributed by atoms with Crippen molar-refractivity contribution in [1.29, 1.82) is 0 Å². The predicted molar refractivity (Wildman–Crippen MR) is 135 cm³/mol. The molecule has 0 fully saturated rings. The van der Waals surface area contributed by atoms with Crippen molar-refractivity contribution in [3.8, 4) is 11.1 Å². The average molecular weight is 410 g/mol. The van der Waals surface area contributed by atoms with Crippen LogP contribution in [0.15, 0.2) is 36.4 Å². The minimum atomic E-state index is -0.365. The molecule has 29 heavy (non-hydrogen) atoms. The zero-order valence-electron chi connectivity index (χ0n) is 20.6.